The number of allylic oxidation sites excluding steroid dienone is 2. The summed E-state index contributed by atoms with van der Waals surface area (Å²) in [5.74, 6) is 0.145. The highest BCUT2D eigenvalue weighted by atomic mass is 19.4. The van der Waals surface area contributed by atoms with E-state index in [1.807, 2.05) is 52.0 Å². The number of hydrogen-bond acceptors (Lipinski definition) is 9. The monoisotopic (exact) mass is 627 g/mol. The second-order valence-electron chi connectivity index (χ2n) is 12.5. The van der Waals surface area contributed by atoms with Crippen LogP contribution in [0.25, 0.3) is 0 Å². The average molecular weight is 628 g/mol. The molecule has 1 amide bonds. The number of ether oxygens (including phenoxy) is 2. The fourth-order valence-corrected chi connectivity index (χ4v) is 6.41. The minimum atomic E-state index is -4.67. The lowest BCUT2D eigenvalue weighted by atomic mass is 9.76. The van der Waals surface area contributed by atoms with Crippen LogP contribution in [0.5, 0.6) is 5.75 Å². The number of hydrogen-bond donors (Lipinski definition) is 3. The number of rotatable bonds is 9. The number of fused-ring (bicyclic) bond motifs is 1. The normalized spacial score (nSPS) is 22.0. The van der Waals surface area contributed by atoms with Gasteiger partial charge < -0.3 is 30.3 Å². The molecule has 0 radical (unpaired) electrons. The van der Waals surface area contributed by atoms with Crippen molar-refractivity contribution in [3.63, 3.8) is 0 Å². The molecule has 1 aromatic heterocycles. The number of anilines is 4. The Morgan fingerprint density at radius 3 is 2.60 bits per heavy atom. The third-order valence-electron chi connectivity index (χ3n) is 9.17. The number of alkyl halides is 3. The van der Waals surface area contributed by atoms with Gasteiger partial charge in [-0.2, -0.15) is 18.2 Å². The molecule has 0 saturated carbocycles. The van der Waals surface area contributed by atoms with Gasteiger partial charge in [0.05, 0.1) is 37.0 Å². The first kappa shape index (κ1) is 31.2. The molecule has 0 spiro atoms. The maximum Gasteiger partial charge on any atom is 0.421 e. The summed E-state index contributed by atoms with van der Waals surface area (Å²) in [7, 11) is 0. The van der Waals surface area contributed by atoms with Gasteiger partial charge >= 0.3 is 6.18 Å². The molecule has 1 atom stereocenters. The number of piperazine rings is 1. The topological polar surface area (TPSA) is 104 Å². The summed E-state index contributed by atoms with van der Waals surface area (Å²) in [6, 6.07) is 6.27. The van der Waals surface area contributed by atoms with Crippen molar-refractivity contribution < 1.29 is 27.4 Å². The Bertz CT molecular complexity index is 1510. The lowest BCUT2D eigenvalue weighted by Gasteiger charge is -2.43. The van der Waals surface area contributed by atoms with Crippen LogP contribution in [0.1, 0.15) is 39.7 Å². The molecule has 3 fully saturated rings. The summed E-state index contributed by atoms with van der Waals surface area (Å²) in [6.07, 6.45) is -1.22. The highest BCUT2D eigenvalue weighted by Gasteiger charge is 2.44. The van der Waals surface area contributed by atoms with Crippen LogP contribution in [0.3, 0.4) is 0 Å². The molecule has 4 aliphatic rings. The Morgan fingerprint density at radius 1 is 1.18 bits per heavy atom. The van der Waals surface area contributed by atoms with Crippen molar-refractivity contribution in [2.45, 2.75) is 46.3 Å². The summed E-state index contributed by atoms with van der Waals surface area (Å²) in [6.45, 7) is 13.3. The van der Waals surface area contributed by atoms with E-state index in [1.165, 1.54) is 0 Å². The number of benzene rings is 1. The summed E-state index contributed by atoms with van der Waals surface area (Å²) in [5, 5.41) is 8.93. The van der Waals surface area contributed by atoms with Gasteiger partial charge in [0.2, 0.25) is 11.9 Å². The summed E-state index contributed by atoms with van der Waals surface area (Å²) in [4.78, 5) is 25.7. The largest absolute Gasteiger partial charge is 0.492 e. The third kappa shape index (κ3) is 6.19. The van der Waals surface area contributed by atoms with Gasteiger partial charge in [0.15, 0.2) is 0 Å². The van der Waals surface area contributed by atoms with Crippen LogP contribution in [-0.2, 0) is 15.7 Å². The Morgan fingerprint density at radius 2 is 1.93 bits per heavy atom. The number of nitrogens with zero attached hydrogens (tertiary/aromatic N) is 4. The second-order valence-corrected chi connectivity index (χ2v) is 12.5. The van der Waals surface area contributed by atoms with E-state index in [-0.39, 0.29) is 30.1 Å². The molecule has 10 nitrogen and oxygen atoms in total. The zero-order chi connectivity index (χ0) is 31.9. The van der Waals surface area contributed by atoms with E-state index in [0.29, 0.717) is 30.5 Å². The molecule has 3 aliphatic heterocycles. The van der Waals surface area contributed by atoms with E-state index < -0.39 is 17.2 Å². The van der Waals surface area contributed by atoms with E-state index in [0.717, 1.165) is 68.1 Å². The predicted molar refractivity (Wildman–Crippen MR) is 166 cm³/mol. The molecule has 242 valence electrons. The number of nitrogens with one attached hydrogen (secondary N) is 3. The van der Waals surface area contributed by atoms with Gasteiger partial charge in [0.25, 0.3) is 0 Å². The second kappa shape index (κ2) is 12.2. The van der Waals surface area contributed by atoms with E-state index in [2.05, 4.69) is 35.7 Å². The first-order valence-electron chi connectivity index (χ1n) is 15.5. The molecule has 1 aliphatic carbocycles. The van der Waals surface area contributed by atoms with Crippen LogP contribution in [-0.4, -0.2) is 79.4 Å². The van der Waals surface area contributed by atoms with Crippen molar-refractivity contribution in [3.8, 4) is 5.75 Å². The highest BCUT2D eigenvalue weighted by Crippen LogP contribution is 2.45. The minimum Gasteiger partial charge on any atom is -0.492 e. The number of carbonyl (C=O) groups is 1. The molecule has 1 aromatic carbocycles. The van der Waals surface area contributed by atoms with E-state index in [1.54, 1.807) is 0 Å². The maximum absolute atomic E-state index is 14.1. The van der Waals surface area contributed by atoms with Gasteiger partial charge in [0, 0.05) is 56.4 Å². The van der Waals surface area contributed by atoms with Crippen molar-refractivity contribution in [2.75, 3.05) is 68.1 Å². The SMILES string of the molecule is CCOc1cc(N2CCN(C3COC3)CC2)ccc1Nc1ncc(C(F)(F)F)c(NCC2=C3C(=CC[C@H]2C)NC(=O)C3(C)C)n1. The standard InChI is InChI=1S/C32H40F3N7O3/c1-5-45-26-14-20(41-10-12-42(13-11-41)21-17-44-18-21)7-9-24(26)39-30-37-16-23(32(33,34)35)28(40-30)36-15-22-19(2)6-8-25-27(22)31(3,4)29(43)38-25/h7-9,14,16,19,21H,5-6,10-13,15,17-18H2,1-4H3,(H,38,43)(H2,36,37,39,40)/t19-/m1/s1. The highest BCUT2D eigenvalue weighted by molar-refractivity contribution is 5.93. The molecular formula is C32H40F3N7O3. The predicted octanol–water partition coefficient (Wildman–Crippen LogP) is 4.95. The zero-order valence-corrected chi connectivity index (χ0v) is 26.1. The molecule has 4 heterocycles. The Kier molecular flexibility index (Phi) is 8.42. The molecule has 13 heteroatoms. The quantitative estimate of drug-likeness (QED) is 0.357. The fourth-order valence-electron chi connectivity index (χ4n) is 6.41. The lowest BCUT2D eigenvalue weighted by Crippen LogP contribution is -2.56. The van der Waals surface area contributed by atoms with Crippen LogP contribution in [0, 0.1) is 11.3 Å². The Balaban J connectivity index is 1.23. The Labute approximate surface area is 261 Å². The van der Waals surface area contributed by atoms with Crippen molar-refractivity contribution in [1.82, 2.24) is 20.2 Å². The van der Waals surface area contributed by atoms with Crippen molar-refractivity contribution in [2.24, 2.45) is 11.3 Å². The molecule has 2 aromatic rings. The van der Waals surface area contributed by atoms with E-state index in [4.69, 9.17) is 9.47 Å². The summed E-state index contributed by atoms with van der Waals surface area (Å²) < 4.78 is 53.5. The van der Waals surface area contributed by atoms with Crippen molar-refractivity contribution in [1.29, 1.82) is 0 Å². The van der Waals surface area contributed by atoms with Gasteiger partial charge in [-0.1, -0.05) is 13.0 Å². The van der Waals surface area contributed by atoms with Crippen LogP contribution in [0.4, 0.5) is 36.3 Å². The van der Waals surface area contributed by atoms with E-state index in [9.17, 15) is 18.0 Å². The minimum absolute atomic E-state index is 0.00325. The molecule has 0 unspecified atom stereocenters. The van der Waals surface area contributed by atoms with Crippen LogP contribution < -0.4 is 25.6 Å². The van der Waals surface area contributed by atoms with Gasteiger partial charge in [-0.25, -0.2) is 4.98 Å². The number of aromatic nitrogens is 2. The van der Waals surface area contributed by atoms with Gasteiger partial charge in [-0.3, -0.25) is 9.69 Å². The number of carbonyl (C=O) groups excluding carboxylic acids is 1. The van der Waals surface area contributed by atoms with Gasteiger partial charge in [-0.05, 0) is 56.4 Å². The fraction of sp³-hybridized carbons (Fsp3) is 0.531. The number of halogens is 3. The van der Waals surface area contributed by atoms with Crippen LogP contribution in [0.2, 0.25) is 0 Å². The first-order valence-corrected chi connectivity index (χ1v) is 15.5. The average Bonchev–Trinajstić information content (AvgIpc) is 3.20. The third-order valence-corrected chi connectivity index (χ3v) is 9.17. The zero-order valence-electron chi connectivity index (χ0n) is 26.1. The smallest absolute Gasteiger partial charge is 0.421 e. The Hall–Kier alpha value is -3.84. The van der Waals surface area contributed by atoms with Gasteiger partial charge in [-0.15, -0.1) is 0 Å². The maximum atomic E-state index is 14.1. The molecule has 3 saturated heterocycles. The first-order chi connectivity index (χ1) is 21.5. The summed E-state index contributed by atoms with van der Waals surface area (Å²) >= 11 is 0. The van der Waals surface area contributed by atoms with Crippen molar-refractivity contribution >= 4 is 29.0 Å². The van der Waals surface area contributed by atoms with Crippen LogP contribution in [0.15, 0.2) is 47.3 Å². The molecular weight excluding hydrogens is 587 g/mol. The molecule has 0 bridgehead atoms. The van der Waals surface area contributed by atoms with E-state index >= 15 is 0 Å². The van der Waals surface area contributed by atoms with Gasteiger partial charge in [0.1, 0.15) is 17.1 Å². The molecule has 45 heavy (non-hydrogen) atoms. The summed E-state index contributed by atoms with van der Waals surface area (Å²) in [5.41, 5.74) is 2.26. The molecule has 6 rings (SSSR count). The molecule has 3 N–H and O–H groups in total. The van der Waals surface area contributed by atoms with Crippen molar-refractivity contribution in [3.05, 3.63) is 52.9 Å². The van der Waals surface area contributed by atoms with Crippen LogP contribution >= 0.6 is 0 Å². The lowest BCUT2D eigenvalue weighted by molar-refractivity contribution is -0.137. The number of amides is 1.